The Labute approximate surface area is 244 Å². The van der Waals surface area contributed by atoms with Crippen LogP contribution in [0.25, 0.3) is 76.3 Å². The van der Waals surface area contributed by atoms with E-state index in [9.17, 15) is 0 Å². The van der Waals surface area contributed by atoms with Gasteiger partial charge in [0, 0.05) is 0 Å². The molecule has 0 atom stereocenters. The van der Waals surface area contributed by atoms with Crippen molar-refractivity contribution < 1.29 is 25.6 Å². The van der Waals surface area contributed by atoms with Crippen LogP contribution in [0.1, 0.15) is 0 Å². The van der Waals surface area contributed by atoms with Gasteiger partial charge in [-0.25, -0.2) is 0 Å². The molecular weight excluding hydrogens is 625 g/mol. The number of hydrogen-bond donors (Lipinski definition) is 0. The molecule has 0 bridgehead atoms. The molecule has 0 amide bonds. The van der Waals surface area contributed by atoms with Gasteiger partial charge in [-0.3, -0.25) is 0 Å². The maximum absolute atomic E-state index is 6.28. The Bertz CT molecular complexity index is 2220. The predicted octanol–water partition coefficient (Wildman–Crippen LogP) is 6.03. The van der Waals surface area contributed by atoms with Crippen molar-refractivity contribution in [2.45, 2.75) is 0 Å². The molecule has 0 saturated carbocycles. The number of furan rings is 1. The number of alkyl halides is 1. The van der Waals surface area contributed by atoms with E-state index < -0.39 is 0 Å². The molecule has 6 heteroatoms. The zero-order valence-corrected chi connectivity index (χ0v) is 24.4. The number of aromatic nitrogens is 3. The van der Waals surface area contributed by atoms with Crippen LogP contribution in [0.2, 0.25) is 0 Å². The van der Waals surface area contributed by atoms with E-state index in [4.69, 9.17) is 19.4 Å². The second kappa shape index (κ2) is 9.50. The first-order valence-corrected chi connectivity index (χ1v) is 17.0. The Hall–Kier alpha value is -4.14. The monoisotopic (exact) mass is 646 g/mol. The van der Waals surface area contributed by atoms with Crippen molar-refractivity contribution in [3.8, 4) is 34.2 Å². The van der Waals surface area contributed by atoms with Gasteiger partial charge in [-0.2, -0.15) is 0 Å². The summed E-state index contributed by atoms with van der Waals surface area (Å²) in [4.78, 5) is 17.5. The van der Waals surface area contributed by atoms with E-state index in [1.165, 1.54) is 23.7 Å². The second-order valence-electron chi connectivity index (χ2n) is 9.56. The molecule has 0 aliphatic carbocycles. The Kier molecular flexibility index (Phi) is 5.63. The summed E-state index contributed by atoms with van der Waals surface area (Å²) < 4.78 is 10.1. The van der Waals surface area contributed by atoms with E-state index in [1.807, 2.05) is 42.5 Å². The molecule has 0 fully saturated rings. The van der Waals surface area contributed by atoms with Crippen molar-refractivity contribution in [3.05, 3.63) is 113 Å². The van der Waals surface area contributed by atoms with Crippen molar-refractivity contribution in [1.82, 2.24) is 15.0 Å². The summed E-state index contributed by atoms with van der Waals surface area (Å²) in [5, 5.41) is 4.64. The second-order valence-corrected chi connectivity index (χ2v) is 12.9. The summed E-state index contributed by atoms with van der Waals surface area (Å²) in [6, 6.07) is 37.8. The van der Waals surface area contributed by atoms with Gasteiger partial charge >= 0.3 is 222 Å². The minimum absolute atomic E-state index is 0.0485. The maximum atomic E-state index is 6.28. The molecule has 5 aromatic carbocycles. The number of rotatable bonds is 4. The number of benzene rings is 5. The number of thiophene rings is 1. The number of nitrogens with zero attached hydrogens (tertiary/aromatic N) is 3. The first kappa shape index (κ1) is 23.7. The van der Waals surface area contributed by atoms with Gasteiger partial charge in [-0.1, -0.05) is 18.2 Å². The van der Waals surface area contributed by atoms with Crippen molar-refractivity contribution in [2.75, 3.05) is 4.93 Å². The first-order valence-electron chi connectivity index (χ1n) is 12.9. The molecule has 0 unspecified atom stereocenters. The zero-order chi connectivity index (χ0) is 26.6. The van der Waals surface area contributed by atoms with Gasteiger partial charge in [0.2, 0.25) is 0 Å². The van der Waals surface area contributed by atoms with Crippen molar-refractivity contribution in [3.63, 3.8) is 0 Å². The average Bonchev–Trinajstić information content (AvgIpc) is 3.59. The predicted molar refractivity (Wildman–Crippen MR) is 161 cm³/mol. The van der Waals surface area contributed by atoms with E-state index >= 15 is 0 Å². The third-order valence-corrected chi connectivity index (χ3v) is 10.4. The van der Waals surface area contributed by atoms with Crippen LogP contribution in [0, 0.1) is 3.57 Å². The summed E-state index contributed by atoms with van der Waals surface area (Å²) in [6.07, 6.45) is 0. The third-order valence-electron chi connectivity index (χ3n) is 7.23. The van der Waals surface area contributed by atoms with Crippen LogP contribution < -0.4 is 21.2 Å². The van der Waals surface area contributed by atoms with Crippen LogP contribution in [0.4, 0.5) is 0 Å². The Morgan fingerprint density at radius 2 is 1.32 bits per heavy atom. The van der Waals surface area contributed by atoms with Crippen molar-refractivity contribution >= 4 is 53.4 Å². The fourth-order valence-electron chi connectivity index (χ4n) is 5.36. The number of fused-ring (bicyclic) bond motifs is 6. The van der Waals surface area contributed by atoms with Crippen LogP contribution in [-0.2, 0) is 0 Å². The van der Waals surface area contributed by atoms with Crippen LogP contribution >= 0.6 is 11.3 Å². The molecular formula is C34H21IN3OS-. The average molecular weight is 647 g/mol. The van der Waals surface area contributed by atoms with Gasteiger partial charge in [0.05, 0.1) is 0 Å². The molecule has 0 aliphatic heterocycles. The molecule has 0 aliphatic rings. The quantitative estimate of drug-likeness (QED) is 0.173. The third kappa shape index (κ3) is 3.82. The zero-order valence-electron chi connectivity index (χ0n) is 21.4. The molecule has 0 radical (unpaired) electrons. The molecule has 8 rings (SSSR count). The van der Waals surface area contributed by atoms with E-state index in [2.05, 4.69) is 71.7 Å². The van der Waals surface area contributed by atoms with Gasteiger partial charge in [0.1, 0.15) is 0 Å². The summed E-state index contributed by atoms with van der Waals surface area (Å²) in [5.41, 5.74) is 4.65. The van der Waals surface area contributed by atoms with E-state index in [-0.39, 0.29) is 21.2 Å². The van der Waals surface area contributed by atoms with Crippen LogP contribution in [0.3, 0.4) is 0 Å². The Morgan fingerprint density at radius 3 is 2.20 bits per heavy atom. The first-order chi connectivity index (χ1) is 19.8. The van der Waals surface area contributed by atoms with Crippen LogP contribution in [-0.4, -0.2) is 19.9 Å². The molecule has 0 spiro atoms. The minimum atomic E-state index is -0.0485. The van der Waals surface area contributed by atoms with E-state index in [1.54, 1.807) is 11.3 Å². The van der Waals surface area contributed by atoms with Crippen LogP contribution in [0.5, 0.6) is 0 Å². The summed E-state index contributed by atoms with van der Waals surface area (Å²) in [5.74, 6) is 1.97. The van der Waals surface area contributed by atoms with Gasteiger partial charge in [-0.15, -0.1) is 0 Å². The standard InChI is InChI=1S/C34H21IN3OS/c1-35-21-17-18-27-26(19-21)30-24(13-8-15-28(30)39-27)33-36-32(20-9-3-2-4-10-20)37-34(38-33)25-14-7-12-23-22-11-5-6-16-29(22)40-31(23)25/h2-19H,1H3/q-1. The molecule has 3 heterocycles. The molecule has 0 N–H and O–H groups in total. The number of halogens is 1. The van der Waals surface area contributed by atoms with Gasteiger partial charge in [0.25, 0.3) is 0 Å². The molecule has 40 heavy (non-hydrogen) atoms. The van der Waals surface area contributed by atoms with Gasteiger partial charge < -0.3 is 0 Å². The topological polar surface area (TPSA) is 51.8 Å². The molecule has 8 aromatic rings. The summed E-state index contributed by atoms with van der Waals surface area (Å²) in [7, 11) is 0. The fraction of sp³-hybridized carbons (Fsp3) is 0.0294. The summed E-state index contributed by atoms with van der Waals surface area (Å²) in [6.45, 7) is 0. The van der Waals surface area contributed by atoms with Crippen molar-refractivity contribution in [2.24, 2.45) is 0 Å². The van der Waals surface area contributed by atoms with E-state index in [0.717, 1.165) is 38.6 Å². The van der Waals surface area contributed by atoms with E-state index in [0.29, 0.717) is 17.5 Å². The summed E-state index contributed by atoms with van der Waals surface area (Å²) >= 11 is 1.74. The fourth-order valence-corrected chi connectivity index (χ4v) is 7.73. The number of hydrogen-bond acceptors (Lipinski definition) is 5. The normalized spacial score (nSPS) is 11.8. The van der Waals surface area contributed by atoms with Crippen molar-refractivity contribution in [1.29, 1.82) is 0 Å². The van der Waals surface area contributed by atoms with Crippen LogP contribution in [0.15, 0.2) is 114 Å². The van der Waals surface area contributed by atoms with Gasteiger partial charge in [0.15, 0.2) is 0 Å². The Balaban J connectivity index is 1.43. The molecule has 192 valence electrons. The van der Waals surface area contributed by atoms with Gasteiger partial charge in [-0.05, 0) is 6.07 Å². The SMILES string of the molecule is C[I-]c1ccc2oc3cccc(-c4nc(-c5ccccc5)nc(-c5cccc6c5sc5ccccc56)n4)c3c2c1. The molecule has 0 saturated heterocycles. The Morgan fingerprint density at radius 1 is 0.600 bits per heavy atom. The molecule has 3 aromatic heterocycles. The molecule has 4 nitrogen and oxygen atoms in total.